The van der Waals surface area contributed by atoms with Gasteiger partial charge in [-0.05, 0) is 12.1 Å². The molecule has 0 bridgehead atoms. The lowest BCUT2D eigenvalue weighted by Gasteiger charge is -2.17. The average Bonchev–Trinajstić information content (AvgIpc) is 2.45. The van der Waals surface area contributed by atoms with Crippen LogP contribution in [0.15, 0.2) is 29.3 Å². The van der Waals surface area contributed by atoms with Gasteiger partial charge in [-0.1, -0.05) is 12.1 Å². The van der Waals surface area contributed by atoms with Gasteiger partial charge in [0, 0.05) is 6.42 Å². The van der Waals surface area contributed by atoms with E-state index in [0.29, 0.717) is 17.9 Å². The number of benzene rings is 1. The van der Waals surface area contributed by atoms with E-state index in [9.17, 15) is 9.59 Å². The lowest BCUT2D eigenvalue weighted by molar-refractivity contribution is -0.129. The number of carbonyl (C=O) groups is 2. The molecule has 1 heterocycles. The summed E-state index contributed by atoms with van der Waals surface area (Å²) < 4.78 is 10.7. The zero-order valence-electron chi connectivity index (χ0n) is 11.0. The van der Waals surface area contributed by atoms with Crippen LogP contribution in [0.1, 0.15) is 6.42 Å². The number of rotatable bonds is 5. The van der Waals surface area contributed by atoms with Crippen LogP contribution in [0.5, 0.6) is 11.5 Å². The van der Waals surface area contributed by atoms with Crippen LogP contribution in [0.2, 0.25) is 0 Å². The molecule has 1 unspecified atom stereocenters. The number of nitrogens with zero attached hydrogens (tertiary/aromatic N) is 1. The van der Waals surface area contributed by atoms with Gasteiger partial charge in [-0.15, -0.1) is 0 Å². The van der Waals surface area contributed by atoms with Gasteiger partial charge in [0.05, 0.1) is 13.7 Å². The highest BCUT2D eigenvalue weighted by Gasteiger charge is 2.27. The number of hydrogen-bond donors (Lipinski definition) is 2. The minimum atomic E-state index is -1.21. The molecule has 7 heteroatoms. The molecule has 0 fully saturated rings. The Bertz CT molecular complexity index is 556. The number of nitrogens with two attached hydrogens (primary N) is 1. The summed E-state index contributed by atoms with van der Waals surface area (Å²) in [7, 11) is 1.55. The molecule has 3 N–H and O–H groups in total. The highest BCUT2D eigenvalue weighted by atomic mass is 16.5. The minimum Gasteiger partial charge on any atom is -0.493 e. The molecule has 0 spiro atoms. The van der Waals surface area contributed by atoms with Gasteiger partial charge in [-0.2, -0.15) is 4.99 Å². The Hall–Kier alpha value is -2.41. The van der Waals surface area contributed by atoms with E-state index in [1.54, 1.807) is 19.2 Å². The van der Waals surface area contributed by atoms with Crippen molar-refractivity contribution in [3.8, 4) is 11.5 Å². The van der Waals surface area contributed by atoms with Crippen molar-refractivity contribution in [3.05, 3.63) is 24.3 Å². The summed E-state index contributed by atoms with van der Waals surface area (Å²) in [5, 5.41) is 2.47. The Morgan fingerprint density at radius 1 is 1.30 bits per heavy atom. The summed E-state index contributed by atoms with van der Waals surface area (Å²) in [6.07, 6.45) is 0.294. The Balaban J connectivity index is 1.92. The lowest BCUT2D eigenvalue weighted by atomic mass is 10.2. The molecular formula is C13H15N3O4. The number of methoxy groups -OCH3 is 1. The summed E-state index contributed by atoms with van der Waals surface area (Å²) in [5.41, 5.74) is 5.33. The molecule has 0 aliphatic carbocycles. The first-order chi connectivity index (χ1) is 9.61. The molecule has 1 aromatic carbocycles. The predicted molar refractivity (Wildman–Crippen MR) is 71.7 cm³/mol. The molecule has 1 aliphatic rings. The Labute approximate surface area is 115 Å². The second-order valence-corrected chi connectivity index (χ2v) is 4.11. The van der Waals surface area contributed by atoms with Crippen LogP contribution in [-0.4, -0.2) is 37.4 Å². The highest BCUT2D eigenvalue weighted by molar-refractivity contribution is 6.18. The standard InChI is InChI=1S/C13H15N3O4/c1-19-8-4-2-3-5-9(8)20-7-6-10-15-12(17)11(14)13(18)16-10/h2-5,11H,6-7,14H2,1H3,(H,15,16,17,18). The first kappa shape index (κ1) is 14.0. The number of hydrogen-bond acceptors (Lipinski definition) is 5. The van der Waals surface area contributed by atoms with E-state index in [1.807, 2.05) is 12.1 Å². The largest absolute Gasteiger partial charge is 0.493 e. The van der Waals surface area contributed by atoms with Crippen molar-refractivity contribution in [2.24, 2.45) is 10.7 Å². The zero-order valence-corrected chi connectivity index (χ0v) is 11.0. The van der Waals surface area contributed by atoms with E-state index >= 15 is 0 Å². The van der Waals surface area contributed by atoms with E-state index in [1.165, 1.54) is 0 Å². The fraction of sp³-hybridized carbons (Fsp3) is 0.308. The van der Waals surface area contributed by atoms with Gasteiger partial charge in [-0.3, -0.25) is 9.59 Å². The maximum atomic E-state index is 11.3. The smallest absolute Gasteiger partial charge is 0.273 e. The number of nitrogens with one attached hydrogen (secondary N) is 1. The molecule has 1 atom stereocenters. The number of amides is 2. The molecule has 0 radical (unpaired) electrons. The van der Waals surface area contributed by atoms with Gasteiger partial charge in [0.1, 0.15) is 5.84 Å². The van der Waals surface area contributed by atoms with Gasteiger partial charge in [0.2, 0.25) is 0 Å². The van der Waals surface area contributed by atoms with E-state index < -0.39 is 17.9 Å². The fourth-order valence-electron chi connectivity index (χ4n) is 1.68. The van der Waals surface area contributed by atoms with Crippen molar-refractivity contribution in [1.82, 2.24) is 5.32 Å². The average molecular weight is 277 g/mol. The van der Waals surface area contributed by atoms with Gasteiger partial charge in [-0.25, -0.2) is 0 Å². The van der Waals surface area contributed by atoms with E-state index in [2.05, 4.69) is 10.3 Å². The molecule has 0 saturated heterocycles. The van der Waals surface area contributed by atoms with Crippen LogP contribution in [0.4, 0.5) is 0 Å². The van der Waals surface area contributed by atoms with Crippen molar-refractivity contribution in [2.45, 2.75) is 12.5 Å². The summed E-state index contributed by atoms with van der Waals surface area (Å²) in [6.45, 7) is 0.252. The molecule has 1 aromatic rings. The van der Waals surface area contributed by atoms with Gasteiger partial charge in [0.15, 0.2) is 17.5 Å². The van der Waals surface area contributed by atoms with Crippen LogP contribution in [0.25, 0.3) is 0 Å². The second-order valence-electron chi connectivity index (χ2n) is 4.11. The summed E-state index contributed by atoms with van der Waals surface area (Å²) >= 11 is 0. The zero-order chi connectivity index (χ0) is 14.5. The van der Waals surface area contributed by atoms with Crippen molar-refractivity contribution in [2.75, 3.05) is 13.7 Å². The van der Waals surface area contributed by atoms with Crippen LogP contribution >= 0.6 is 0 Å². The third kappa shape index (κ3) is 3.12. The molecule has 106 valence electrons. The highest BCUT2D eigenvalue weighted by Crippen LogP contribution is 2.25. The fourth-order valence-corrected chi connectivity index (χ4v) is 1.68. The van der Waals surface area contributed by atoms with Crippen LogP contribution in [-0.2, 0) is 9.59 Å². The maximum absolute atomic E-state index is 11.3. The Kier molecular flexibility index (Phi) is 4.31. The molecular weight excluding hydrogens is 262 g/mol. The third-order valence-electron chi connectivity index (χ3n) is 2.73. The molecule has 0 aromatic heterocycles. The van der Waals surface area contributed by atoms with Crippen molar-refractivity contribution < 1.29 is 19.1 Å². The molecule has 7 nitrogen and oxygen atoms in total. The molecule has 2 rings (SSSR count). The van der Waals surface area contributed by atoms with Gasteiger partial charge < -0.3 is 20.5 Å². The first-order valence-corrected chi connectivity index (χ1v) is 6.05. The number of aliphatic imine (C=N–C) groups is 1. The topological polar surface area (TPSA) is 103 Å². The maximum Gasteiger partial charge on any atom is 0.273 e. The SMILES string of the molecule is COc1ccccc1OCCC1=NC(=O)C(N)C(=O)N1. The first-order valence-electron chi connectivity index (χ1n) is 6.05. The van der Waals surface area contributed by atoms with E-state index in [4.69, 9.17) is 15.2 Å². The predicted octanol–water partition coefficient (Wildman–Crippen LogP) is -0.154. The van der Waals surface area contributed by atoms with Crippen molar-refractivity contribution in [3.63, 3.8) is 0 Å². The number of ether oxygens (including phenoxy) is 2. The van der Waals surface area contributed by atoms with Gasteiger partial charge in [0.25, 0.3) is 11.8 Å². The quantitative estimate of drug-likeness (QED) is 0.728. The second kappa shape index (κ2) is 6.16. The Morgan fingerprint density at radius 3 is 2.65 bits per heavy atom. The molecule has 0 saturated carbocycles. The van der Waals surface area contributed by atoms with E-state index in [-0.39, 0.29) is 12.4 Å². The van der Waals surface area contributed by atoms with E-state index in [0.717, 1.165) is 0 Å². The van der Waals surface area contributed by atoms with Gasteiger partial charge >= 0.3 is 0 Å². The normalized spacial score (nSPS) is 18.3. The summed E-state index contributed by atoms with van der Waals surface area (Å²) in [5.74, 6) is 0.274. The molecule has 2 amide bonds. The molecule has 1 aliphatic heterocycles. The number of para-hydroxylation sites is 2. The van der Waals surface area contributed by atoms with Crippen molar-refractivity contribution in [1.29, 1.82) is 0 Å². The third-order valence-corrected chi connectivity index (χ3v) is 2.73. The number of amidine groups is 1. The van der Waals surface area contributed by atoms with Crippen LogP contribution in [0, 0.1) is 0 Å². The van der Waals surface area contributed by atoms with Crippen LogP contribution in [0.3, 0.4) is 0 Å². The Morgan fingerprint density at radius 2 is 2.00 bits per heavy atom. The number of carbonyl (C=O) groups excluding carboxylic acids is 2. The monoisotopic (exact) mass is 277 g/mol. The molecule has 20 heavy (non-hydrogen) atoms. The lowest BCUT2D eigenvalue weighted by Crippen LogP contribution is -2.52. The minimum absolute atomic E-state index is 0.252. The van der Waals surface area contributed by atoms with Crippen LogP contribution < -0.4 is 20.5 Å². The summed E-state index contributed by atoms with van der Waals surface area (Å²) in [6, 6.07) is 5.98. The summed E-state index contributed by atoms with van der Waals surface area (Å²) in [4.78, 5) is 26.4. The van der Waals surface area contributed by atoms with Crippen molar-refractivity contribution >= 4 is 17.6 Å².